The molecular weight excluding hydrogens is 456 g/mol. The summed E-state index contributed by atoms with van der Waals surface area (Å²) in [6, 6.07) is 5.27. The Labute approximate surface area is 215 Å². The fourth-order valence-electron chi connectivity index (χ4n) is 4.59. The quantitative estimate of drug-likeness (QED) is 0.234. The van der Waals surface area contributed by atoms with Crippen molar-refractivity contribution in [2.24, 2.45) is 11.1 Å². The number of hydrogen-bond acceptors (Lipinski definition) is 5. The van der Waals surface area contributed by atoms with E-state index in [1.54, 1.807) is 28.9 Å². The van der Waals surface area contributed by atoms with Crippen LogP contribution in [0.5, 0.6) is 0 Å². The van der Waals surface area contributed by atoms with E-state index in [1.165, 1.54) is 19.3 Å². The molecule has 0 N–H and O–H groups in total. The zero-order chi connectivity index (χ0) is 26.7. The van der Waals surface area contributed by atoms with Gasteiger partial charge in [-0.2, -0.15) is 0 Å². The van der Waals surface area contributed by atoms with Gasteiger partial charge in [0.05, 0.1) is 6.54 Å². The lowest BCUT2D eigenvalue weighted by Crippen LogP contribution is -2.52. The summed E-state index contributed by atoms with van der Waals surface area (Å²) in [6.45, 7) is 12.7. The predicted octanol–water partition coefficient (Wildman–Crippen LogP) is 4.82. The number of nitrogens with zero attached hydrogens (tertiary/aromatic N) is 4. The molecule has 8 nitrogen and oxygen atoms in total. The number of piperazine rings is 1. The molecule has 198 valence electrons. The molecule has 1 unspecified atom stereocenters. The van der Waals surface area contributed by atoms with Gasteiger partial charge in [0.25, 0.3) is 0 Å². The molecule has 0 spiro atoms. The van der Waals surface area contributed by atoms with Gasteiger partial charge in [-0.05, 0) is 43.9 Å². The summed E-state index contributed by atoms with van der Waals surface area (Å²) in [5, 5.41) is 2.61. The third-order valence-corrected chi connectivity index (χ3v) is 6.96. The first-order chi connectivity index (χ1) is 17.2. The molecule has 2 rings (SSSR count). The molecule has 1 aliphatic rings. The van der Waals surface area contributed by atoms with Crippen molar-refractivity contribution < 1.29 is 14.4 Å². The van der Waals surface area contributed by atoms with Crippen molar-refractivity contribution in [1.29, 1.82) is 0 Å². The molecule has 1 aromatic carbocycles. The van der Waals surface area contributed by atoms with Gasteiger partial charge >= 0.3 is 5.91 Å². The molecule has 0 aromatic heterocycles. The Balaban J connectivity index is 2.34. The number of benzene rings is 1. The van der Waals surface area contributed by atoms with Crippen molar-refractivity contribution in [3.63, 3.8) is 0 Å². The van der Waals surface area contributed by atoms with Gasteiger partial charge in [-0.15, -0.1) is 4.91 Å². The number of unbranched alkanes of at least 4 members (excludes halogenated alkanes) is 2. The molecule has 1 aromatic rings. The molecule has 1 aliphatic heterocycles. The van der Waals surface area contributed by atoms with Crippen LogP contribution in [-0.2, 0) is 16.0 Å². The highest BCUT2D eigenvalue weighted by atomic mass is 16.3. The van der Waals surface area contributed by atoms with Crippen LogP contribution in [-0.4, -0.2) is 66.8 Å². The van der Waals surface area contributed by atoms with E-state index in [-0.39, 0.29) is 23.9 Å². The zero-order valence-electron chi connectivity index (χ0n) is 22.6. The highest BCUT2D eigenvalue weighted by molar-refractivity contribution is 5.96. The maximum Gasteiger partial charge on any atom is 0.316 e. The van der Waals surface area contributed by atoms with E-state index in [0.29, 0.717) is 38.6 Å². The summed E-state index contributed by atoms with van der Waals surface area (Å²) < 4.78 is 0. The molecular formula is C28H42N4O4. The predicted molar refractivity (Wildman–Crippen MR) is 144 cm³/mol. The lowest BCUT2D eigenvalue weighted by Gasteiger charge is -2.36. The number of allylic oxidation sites excluding steroid dienone is 1. The zero-order valence-corrected chi connectivity index (χ0v) is 22.6. The van der Waals surface area contributed by atoms with Crippen molar-refractivity contribution in [2.75, 3.05) is 44.2 Å². The summed E-state index contributed by atoms with van der Waals surface area (Å²) in [5.41, 5.74) is 3.17. The minimum absolute atomic E-state index is 0.0192. The molecule has 36 heavy (non-hydrogen) atoms. The van der Waals surface area contributed by atoms with Gasteiger partial charge < -0.3 is 14.7 Å². The van der Waals surface area contributed by atoms with Crippen molar-refractivity contribution >= 4 is 23.4 Å². The molecule has 0 radical (unpaired) electrons. The number of carbonyl (C=O) groups is 3. The van der Waals surface area contributed by atoms with Crippen molar-refractivity contribution in [3.05, 3.63) is 45.9 Å². The molecule has 0 aliphatic carbocycles. The summed E-state index contributed by atoms with van der Waals surface area (Å²) in [4.78, 5) is 53.6. The molecule has 1 saturated heterocycles. The molecule has 0 saturated carbocycles. The monoisotopic (exact) mass is 498 g/mol. The Morgan fingerprint density at radius 1 is 1.06 bits per heavy atom. The number of amides is 3. The third kappa shape index (κ3) is 8.57. The Hall–Kier alpha value is -3.03. The molecule has 1 fully saturated rings. The second-order valence-electron chi connectivity index (χ2n) is 9.92. The molecule has 0 bridgehead atoms. The summed E-state index contributed by atoms with van der Waals surface area (Å²) in [7, 11) is 0. The SMILES string of the molecule is C/C=C(\C)CN(CC(=O)N1CCN(C(C)=O)CC1)c1cc(C(=O)N=O)ccc1CC(C)CCCCC. The van der Waals surface area contributed by atoms with E-state index >= 15 is 0 Å². The van der Waals surface area contributed by atoms with E-state index in [2.05, 4.69) is 19.0 Å². The van der Waals surface area contributed by atoms with E-state index in [4.69, 9.17) is 0 Å². The van der Waals surface area contributed by atoms with Crippen LogP contribution in [0.25, 0.3) is 0 Å². The standard InChI is InChI=1S/C28H42N4O4/c1-6-8-9-10-22(4)17-24-11-12-25(28(35)29-36)18-26(24)32(19-21(3)7-2)20-27(34)31-15-13-30(14-16-31)23(5)33/h7,11-12,18,22H,6,8-10,13-17,19-20H2,1-5H3/b21-7+. The van der Waals surface area contributed by atoms with Gasteiger partial charge in [-0.25, -0.2) is 0 Å². The lowest BCUT2D eigenvalue weighted by molar-refractivity contribution is -0.137. The third-order valence-electron chi connectivity index (χ3n) is 6.96. The van der Waals surface area contributed by atoms with E-state index in [1.807, 2.05) is 30.9 Å². The van der Waals surface area contributed by atoms with Crippen LogP contribution < -0.4 is 4.90 Å². The first kappa shape index (κ1) is 29.2. The van der Waals surface area contributed by atoms with E-state index in [9.17, 15) is 19.3 Å². The van der Waals surface area contributed by atoms with E-state index in [0.717, 1.165) is 29.7 Å². The van der Waals surface area contributed by atoms with Crippen LogP contribution in [0.2, 0.25) is 0 Å². The lowest BCUT2D eigenvalue weighted by atomic mass is 9.93. The molecule has 3 amide bonds. The minimum atomic E-state index is -0.812. The Morgan fingerprint density at radius 3 is 2.31 bits per heavy atom. The average molecular weight is 499 g/mol. The topological polar surface area (TPSA) is 90.4 Å². The fraction of sp³-hybridized carbons (Fsp3) is 0.607. The summed E-state index contributed by atoms with van der Waals surface area (Å²) in [6.07, 6.45) is 7.49. The first-order valence-electron chi connectivity index (χ1n) is 13.1. The Morgan fingerprint density at radius 2 is 1.72 bits per heavy atom. The van der Waals surface area contributed by atoms with Crippen LogP contribution in [0.3, 0.4) is 0 Å². The molecule has 1 atom stereocenters. The van der Waals surface area contributed by atoms with Gasteiger partial charge in [-0.3, -0.25) is 14.4 Å². The number of hydrogen-bond donors (Lipinski definition) is 0. The Kier molecular flexibility index (Phi) is 11.8. The van der Waals surface area contributed by atoms with E-state index < -0.39 is 5.91 Å². The number of nitroso groups, excluding NO2 is 1. The van der Waals surface area contributed by atoms with Gasteiger partial charge in [0.2, 0.25) is 11.8 Å². The van der Waals surface area contributed by atoms with Gasteiger partial charge in [-0.1, -0.05) is 57.2 Å². The number of rotatable bonds is 12. The van der Waals surface area contributed by atoms with Crippen LogP contribution in [0, 0.1) is 10.8 Å². The maximum absolute atomic E-state index is 13.3. The van der Waals surface area contributed by atoms with Crippen LogP contribution in [0.15, 0.2) is 35.0 Å². The van der Waals surface area contributed by atoms with Crippen molar-refractivity contribution in [2.45, 2.75) is 66.7 Å². The maximum atomic E-state index is 13.3. The van der Waals surface area contributed by atoms with Crippen LogP contribution in [0.4, 0.5) is 5.69 Å². The fourth-order valence-corrected chi connectivity index (χ4v) is 4.59. The highest BCUT2D eigenvalue weighted by Gasteiger charge is 2.25. The average Bonchev–Trinajstić information content (AvgIpc) is 2.88. The first-order valence-corrected chi connectivity index (χ1v) is 13.1. The summed E-state index contributed by atoms with van der Waals surface area (Å²) in [5.74, 6) is -0.362. The van der Waals surface area contributed by atoms with Gasteiger partial charge in [0.1, 0.15) is 0 Å². The summed E-state index contributed by atoms with van der Waals surface area (Å²) >= 11 is 0. The molecule has 8 heteroatoms. The molecule has 1 heterocycles. The van der Waals surface area contributed by atoms with Crippen LogP contribution >= 0.6 is 0 Å². The minimum Gasteiger partial charge on any atom is -0.358 e. The normalized spacial score (nSPS) is 15.0. The highest BCUT2D eigenvalue weighted by Crippen LogP contribution is 2.28. The smallest absolute Gasteiger partial charge is 0.316 e. The van der Waals surface area contributed by atoms with Gasteiger partial charge in [0, 0.05) is 56.1 Å². The van der Waals surface area contributed by atoms with Crippen molar-refractivity contribution in [1.82, 2.24) is 9.80 Å². The largest absolute Gasteiger partial charge is 0.358 e. The number of carbonyl (C=O) groups excluding carboxylic acids is 3. The second-order valence-corrected chi connectivity index (χ2v) is 9.92. The van der Waals surface area contributed by atoms with Crippen LogP contribution in [0.1, 0.15) is 76.2 Å². The second kappa shape index (κ2) is 14.5. The van der Waals surface area contributed by atoms with Gasteiger partial charge in [0.15, 0.2) is 0 Å². The Bertz CT molecular complexity index is 951. The number of anilines is 1. The van der Waals surface area contributed by atoms with Crippen molar-refractivity contribution in [3.8, 4) is 0 Å².